The van der Waals surface area contributed by atoms with Crippen LogP contribution in [0.4, 0.5) is 0 Å². The molecule has 0 aliphatic carbocycles. The van der Waals surface area contributed by atoms with E-state index in [0.717, 1.165) is 25.8 Å². The van der Waals surface area contributed by atoms with Crippen LogP contribution in [0, 0.1) is 5.41 Å². The van der Waals surface area contributed by atoms with Gasteiger partial charge < -0.3 is 20.1 Å². The zero-order valence-electron chi connectivity index (χ0n) is 15.1. The maximum Gasteiger partial charge on any atom is 0.254 e. The standard InChI is InChI=1S/C19H30N2O3/c1-4-10-23-16-7-6-15(12-17(16)24-11-5-2)18(22)21-9-8-19(3,13-20)14-21/h6-7,12H,4-5,8-11,13-14,20H2,1-3H3. The van der Waals surface area contributed by atoms with Crippen LogP contribution in [0.3, 0.4) is 0 Å². The number of hydrogen-bond acceptors (Lipinski definition) is 4. The highest BCUT2D eigenvalue weighted by molar-refractivity contribution is 5.95. The third-order valence-corrected chi connectivity index (χ3v) is 4.45. The van der Waals surface area contributed by atoms with Gasteiger partial charge in [0.05, 0.1) is 13.2 Å². The lowest BCUT2D eigenvalue weighted by Crippen LogP contribution is -2.34. The van der Waals surface area contributed by atoms with Gasteiger partial charge in [-0.3, -0.25) is 4.79 Å². The fourth-order valence-corrected chi connectivity index (χ4v) is 2.84. The van der Waals surface area contributed by atoms with Gasteiger partial charge in [0.15, 0.2) is 11.5 Å². The highest BCUT2D eigenvalue weighted by Crippen LogP contribution is 2.32. The molecular weight excluding hydrogens is 304 g/mol. The van der Waals surface area contributed by atoms with Crippen molar-refractivity contribution in [3.8, 4) is 11.5 Å². The monoisotopic (exact) mass is 334 g/mol. The largest absolute Gasteiger partial charge is 0.490 e. The Morgan fingerprint density at radius 3 is 2.46 bits per heavy atom. The van der Waals surface area contributed by atoms with E-state index in [1.54, 1.807) is 6.07 Å². The summed E-state index contributed by atoms with van der Waals surface area (Å²) in [4.78, 5) is 14.7. The van der Waals surface area contributed by atoms with E-state index in [0.29, 0.717) is 43.4 Å². The molecule has 134 valence electrons. The van der Waals surface area contributed by atoms with Crippen LogP contribution in [-0.2, 0) is 0 Å². The van der Waals surface area contributed by atoms with Gasteiger partial charge >= 0.3 is 0 Å². The molecule has 0 spiro atoms. The molecule has 1 saturated heterocycles. The van der Waals surface area contributed by atoms with Crippen LogP contribution in [0.5, 0.6) is 11.5 Å². The fourth-order valence-electron chi connectivity index (χ4n) is 2.84. The topological polar surface area (TPSA) is 64.8 Å². The molecule has 0 bridgehead atoms. The summed E-state index contributed by atoms with van der Waals surface area (Å²) in [5, 5.41) is 0. The smallest absolute Gasteiger partial charge is 0.254 e. The summed E-state index contributed by atoms with van der Waals surface area (Å²) >= 11 is 0. The number of amides is 1. The van der Waals surface area contributed by atoms with Gasteiger partial charge in [-0.1, -0.05) is 20.8 Å². The van der Waals surface area contributed by atoms with Gasteiger partial charge in [-0.15, -0.1) is 0 Å². The van der Waals surface area contributed by atoms with E-state index in [-0.39, 0.29) is 11.3 Å². The summed E-state index contributed by atoms with van der Waals surface area (Å²) in [6, 6.07) is 5.47. The quantitative estimate of drug-likeness (QED) is 0.793. The van der Waals surface area contributed by atoms with Crippen molar-refractivity contribution in [3.05, 3.63) is 23.8 Å². The maximum absolute atomic E-state index is 12.8. The van der Waals surface area contributed by atoms with Gasteiger partial charge in [0.1, 0.15) is 0 Å². The van der Waals surface area contributed by atoms with E-state index in [9.17, 15) is 4.79 Å². The van der Waals surface area contributed by atoms with E-state index in [1.807, 2.05) is 17.0 Å². The van der Waals surface area contributed by atoms with E-state index >= 15 is 0 Å². The molecule has 1 unspecified atom stereocenters. The van der Waals surface area contributed by atoms with Crippen LogP contribution >= 0.6 is 0 Å². The van der Waals surface area contributed by atoms with Crippen LogP contribution in [0.2, 0.25) is 0 Å². The maximum atomic E-state index is 12.8. The summed E-state index contributed by atoms with van der Waals surface area (Å²) in [6.07, 6.45) is 2.79. The van der Waals surface area contributed by atoms with Gasteiger partial charge in [-0.05, 0) is 49.4 Å². The summed E-state index contributed by atoms with van der Waals surface area (Å²) in [6.45, 7) is 9.56. The minimum atomic E-state index is 0.0291. The zero-order chi connectivity index (χ0) is 17.6. The van der Waals surface area contributed by atoms with Gasteiger partial charge in [0, 0.05) is 18.7 Å². The lowest BCUT2D eigenvalue weighted by molar-refractivity contribution is 0.0776. The van der Waals surface area contributed by atoms with Gasteiger partial charge in [0.2, 0.25) is 0 Å². The lowest BCUT2D eigenvalue weighted by atomic mass is 9.90. The van der Waals surface area contributed by atoms with E-state index in [4.69, 9.17) is 15.2 Å². The molecule has 1 aliphatic rings. The number of carbonyl (C=O) groups excluding carboxylic acids is 1. The van der Waals surface area contributed by atoms with Crippen molar-refractivity contribution >= 4 is 5.91 Å². The minimum Gasteiger partial charge on any atom is -0.490 e. The van der Waals surface area contributed by atoms with Crippen molar-refractivity contribution in [3.63, 3.8) is 0 Å². The third kappa shape index (κ3) is 4.41. The normalized spacial score (nSPS) is 20.2. The first-order chi connectivity index (χ1) is 11.5. The van der Waals surface area contributed by atoms with Crippen LogP contribution < -0.4 is 15.2 Å². The molecular formula is C19H30N2O3. The number of nitrogens with two attached hydrogens (primary N) is 1. The minimum absolute atomic E-state index is 0.0291. The summed E-state index contributed by atoms with van der Waals surface area (Å²) in [5.74, 6) is 1.39. The molecule has 5 nitrogen and oxygen atoms in total. The van der Waals surface area contributed by atoms with Crippen molar-refractivity contribution in [2.45, 2.75) is 40.0 Å². The average molecular weight is 334 g/mol. The predicted molar refractivity (Wildman–Crippen MR) is 95.7 cm³/mol. The number of nitrogens with zero attached hydrogens (tertiary/aromatic N) is 1. The molecule has 1 aliphatic heterocycles. The van der Waals surface area contributed by atoms with Crippen molar-refractivity contribution in [2.75, 3.05) is 32.8 Å². The van der Waals surface area contributed by atoms with Crippen molar-refractivity contribution < 1.29 is 14.3 Å². The molecule has 2 N–H and O–H groups in total. The molecule has 1 aromatic carbocycles. The summed E-state index contributed by atoms with van der Waals surface area (Å²) in [5.41, 5.74) is 6.51. The second kappa shape index (κ2) is 8.38. The SMILES string of the molecule is CCCOc1ccc(C(=O)N2CCC(C)(CN)C2)cc1OCCC. The van der Waals surface area contributed by atoms with Crippen molar-refractivity contribution in [2.24, 2.45) is 11.1 Å². The molecule has 1 heterocycles. The molecule has 0 radical (unpaired) electrons. The van der Waals surface area contributed by atoms with E-state index in [1.165, 1.54) is 0 Å². The number of rotatable bonds is 8. The average Bonchev–Trinajstić information content (AvgIpc) is 3.00. The first kappa shape index (κ1) is 18.6. The van der Waals surface area contributed by atoms with Crippen LogP contribution in [0.25, 0.3) is 0 Å². The molecule has 1 aromatic rings. The van der Waals surface area contributed by atoms with E-state index in [2.05, 4.69) is 20.8 Å². The first-order valence-electron chi connectivity index (χ1n) is 8.92. The zero-order valence-corrected chi connectivity index (χ0v) is 15.1. The fraction of sp³-hybridized carbons (Fsp3) is 0.632. The lowest BCUT2D eigenvalue weighted by Gasteiger charge is -2.23. The summed E-state index contributed by atoms with van der Waals surface area (Å²) in [7, 11) is 0. The Hall–Kier alpha value is -1.75. The molecule has 0 aromatic heterocycles. The molecule has 0 saturated carbocycles. The molecule has 2 rings (SSSR count). The number of likely N-dealkylation sites (tertiary alicyclic amines) is 1. The number of hydrogen-bond donors (Lipinski definition) is 1. The van der Waals surface area contributed by atoms with Crippen molar-refractivity contribution in [1.29, 1.82) is 0 Å². The molecule has 1 fully saturated rings. The van der Waals surface area contributed by atoms with Crippen LogP contribution in [0.1, 0.15) is 50.4 Å². The second-order valence-corrected chi connectivity index (χ2v) is 6.85. The Morgan fingerprint density at radius 2 is 1.88 bits per heavy atom. The highest BCUT2D eigenvalue weighted by Gasteiger charge is 2.35. The Balaban J connectivity index is 2.16. The Morgan fingerprint density at radius 1 is 1.21 bits per heavy atom. The van der Waals surface area contributed by atoms with Gasteiger partial charge in [-0.25, -0.2) is 0 Å². The van der Waals surface area contributed by atoms with Gasteiger partial charge in [-0.2, -0.15) is 0 Å². The number of carbonyl (C=O) groups is 1. The molecule has 1 amide bonds. The Kier molecular flexibility index (Phi) is 6.49. The Labute approximate surface area is 145 Å². The third-order valence-electron chi connectivity index (χ3n) is 4.45. The Bertz CT molecular complexity index is 562. The second-order valence-electron chi connectivity index (χ2n) is 6.85. The van der Waals surface area contributed by atoms with Crippen LogP contribution in [0.15, 0.2) is 18.2 Å². The first-order valence-corrected chi connectivity index (χ1v) is 8.92. The summed E-state index contributed by atoms with van der Waals surface area (Å²) < 4.78 is 11.5. The van der Waals surface area contributed by atoms with Crippen LogP contribution in [-0.4, -0.2) is 43.7 Å². The molecule has 5 heteroatoms. The predicted octanol–water partition coefficient (Wildman–Crippen LogP) is 3.08. The molecule has 24 heavy (non-hydrogen) atoms. The number of ether oxygens (including phenoxy) is 2. The highest BCUT2D eigenvalue weighted by atomic mass is 16.5. The van der Waals surface area contributed by atoms with Crippen molar-refractivity contribution in [1.82, 2.24) is 4.90 Å². The van der Waals surface area contributed by atoms with Gasteiger partial charge in [0.25, 0.3) is 5.91 Å². The molecule has 1 atom stereocenters. The van der Waals surface area contributed by atoms with E-state index < -0.39 is 0 Å². The number of benzene rings is 1.